The SMILES string of the molecule is COc1ccc(COc2cncc(C)n2)cc1. The summed E-state index contributed by atoms with van der Waals surface area (Å²) in [5.41, 5.74) is 1.91. The van der Waals surface area contributed by atoms with Crippen LogP contribution in [0.15, 0.2) is 36.7 Å². The molecule has 1 heterocycles. The van der Waals surface area contributed by atoms with Gasteiger partial charge >= 0.3 is 0 Å². The average Bonchev–Trinajstić information content (AvgIpc) is 2.37. The van der Waals surface area contributed by atoms with Crippen molar-refractivity contribution in [2.24, 2.45) is 0 Å². The van der Waals surface area contributed by atoms with Gasteiger partial charge in [0.25, 0.3) is 0 Å². The lowest BCUT2D eigenvalue weighted by Gasteiger charge is -2.06. The molecule has 2 rings (SSSR count). The summed E-state index contributed by atoms with van der Waals surface area (Å²) < 4.78 is 10.6. The summed E-state index contributed by atoms with van der Waals surface area (Å²) >= 11 is 0. The zero-order valence-corrected chi connectivity index (χ0v) is 9.88. The minimum Gasteiger partial charge on any atom is -0.497 e. The van der Waals surface area contributed by atoms with Crippen LogP contribution in [0.5, 0.6) is 11.6 Å². The maximum atomic E-state index is 5.53. The third-order valence-corrected chi connectivity index (χ3v) is 2.28. The molecule has 0 spiro atoms. The van der Waals surface area contributed by atoms with E-state index < -0.39 is 0 Å². The van der Waals surface area contributed by atoms with Crippen molar-refractivity contribution >= 4 is 0 Å². The Kier molecular flexibility index (Phi) is 3.55. The number of aryl methyl sites for hydroxylation is 1. The fourth-order valence-electron chi connectivity index (χ4n) is 1.39. The van der Waals surface area contributed by atoms with Crippen LogP contribution in [-0.2, 0) is 6.61 Å². The molecule has 0 saturated carbocycles. The third-order valence-electron chi connectivity index (χ3n) is 2.28. The zero-order chi connectivity index (χ0) is 12.1. The first kappa shape index (κ1) is 11.4. The first-order valence-corrected chi connectivity index (χ1v) is 5.32. The fourth-order valence-corrected chi connectivity index (χ4v) is 1.39. The minimum atomic E-state index is 0.474. The molecule has 0 radical (unpaired) electrons. The van der Waals surface area contributed by atoms with Crippen molar-refractivity contribution in [2.45, 2.75) is 13.5 Å². The maximum absolute atomic E-state index is 5.53. The Hall–Kier alpha value is -2.10. The summed E-state index contributed by atoms with van der Waals surface area (Å²) in [7, 11) is 1.65. The van der Waals surface area contributed by atoms with E-state index in [1.54, 1.807) is 19.5 Å². The molecular formula is C13H14N2O2. The smallest absolute Gasteiger partial charge is 0.232 e. The summed E-state index contributed by atoms with van der Waals surface area (Å²) in [5, 5.41) is 0. The van der Waals surface area contributed by atoms with E-state index in [1.165, 1.54) is 0 Å². The Morgan fingerprint density at radius 2 is 1.88 bits per heavy atom. The predicted molar refractivity (Wildman–Crippen MR) is 64.1 cm³/mol. The Balaban J connectivity index is 1.97. The van der Waals surface area contributed by atoms with Gasteiger partial charge in [-0.3, -0.25) is 4.98 Å². The molecule has 0 amide bonds. The van der Waals surface area contributed by atoms with Crippen LogP contribution in [0.25, 0.3) is 0 Å². The lowest BCUT2D eigenvalue weighted by molar-refractivity contribution is 0.291. The molecule has 0 fully saturated rings. The molecule has 17 heavy (non-hydrogen) atoms. The zero-order valence-electron chi connectivity index (χ0n) is 9.88. The molecule has 0 aliphatic heterocycles. The maximum Gasteiger partial charge on any atom is 0.232 e. The van der Waals surface area contributed by atoms with Crippen LogP contribution in [-0.4, -0.2) is 17.1 Å². The van der Waals surface area contributed by atoms with E-state index in [0.717, 1.165) is 17.0 Å². The van der Waals surface area contributed by atoms with Gasteiger partial charge in [0.15, 0.2) is 0 Å². The number of ether oxygens (including phenoxy) is 2. The first-order chi connectivity index (χ1) is 8.28. The van der Waals surface area contributed by atoms with Gasteiger partial charge in [-0.25, -0.2) is 4.98 Å². The topological polar surface area (TPSA) is 44.2 Å². The average molecular weight is 230 g/mol. The summed E-state index contributed by atoms with van der Waals surface area (Å²) in [6, 6.07) is 7.73. The molecule has 0 atom stereocenters. The number of hydrogen-bond donors (Lipinski definition) is 0. The van der Waals surface area contributed by atoms with Gasteiger partial charge in [0.05, 0.1) is 19.0 Å². The monoisotopic (exact) mass is 230 g/mol. The van der Waals surface area contributed by atoms with E-state index in [4.69, 9.17) is 9.47 Å². The van der Waals surface area contributed by atoms with Crippen LogP contribution in [0.2, 0.25) is 0 Å². The van der Waals surface area contributed by atoms with Crippen molar-refractivity contribution in [3.8, 4) is 11.6 Å². The molecule has 2 aromatic rings. The van der Waals surface area contributed by atoms with Crippen molar-refractivity contribution in [1.29, 1.82) is 0 Å². The van der Waals surface area contributed by atoms with Gasteiger partial charge in [0, 0.05) is 6.20 Å². The van der Waals surface area contributed by atoms with E-state index in [2.05, 4.69) is 9.97 Å². The highest BCUT2D eigenvalue weighted by atomic mass is 16.5. The van der Waals surface area contributed by atoms with Crippen molar-refractivity contribution in [2.75, 3.05) is 7.11 Å². The van der Waals surface area contributed by atoms with Gasteiger partial charge < -0.3 is 9.47 Å². The van der Waals surface area contributed by atoms with Gasteiger partial charge in [0.1, 0.15) is 12.4 Å². The second-order valence-electron chi connectivity index (χ2n) is 3.64. The standard InChI is InChI=1S/C13H14N2O2/c1-10-7-14-8-13(15-10)17-9-11-3-5-12(16-2)6-4-11/h3-8H,9H2,1-2H3. The van der Waals surface area contributed by atoms with Gasteiger partial charge in [-0.1, -0.05) is 12.1 Å². The highest BCUT2D eigenvalue weighted by molar-refractivity contribution is 5.27. The number of methoxy groups -OCH3 is 1. The number of aromatic nitrogens is 2. The van der Waals surface area contributed by atoms with Crippen molar-refractivity contribution in [1.82, 2.24) is 9.97 Å². The number of nitrogens with zero attached hydrogens (tertiary/aromatic N) is 2. The lowest BCUT2D eigenvalue weighted by Crippen LogP contribution is -1.98. The van der Waals surface area contributed by atoms with Gasteiger partial charge in [-0.2, -0.15) is 0 Å². The minimum absolute atomic E-state index is 0.474. The first-order valence-electron chi connectivity index (χ1n) is 5.32. The molecule has 0 unspecified atom stereocenters. The molecule has 4 nitrogen and oxygen atoms in total. The quantitative estimate of drug-likeness (QED) is 0.808. The lowest BCUT2D eigenvalue weighted by atomic mass is 10.2. The molecule has 0 aliphatic rings. The van der Waals surface area contributed by atoms with Crippen molar-refractivity contribution < 1.29 is 9.47 Å². The van der Waals surface area contributed by atoms with Crippen molar-refractivity contribution in [3.05, 3.63) is 47.9 Å². The number of hydrogen-bond acceptors (Lipinski definition) is 4. The molecule has 1 aromatic heterocycles. The predicted octanol–water partition coefficient (Wildman–Crippen LogP) is 2.37. The van der Waals surface area contributed by atoms with E-state index in [1.807, 2.05) is 31.2 Å². The Morgan fingerprint density at radius 3 is 2.53 bits per heavy atom. The Morgan fingerprint density at radius 1 is 1.12 bits per heavy atom. The Labute approximate surface area is 100 Å². The van der Waals surface area contributed by atoms with Crippen LogP contribution in [0, 0.1) is 6.92 Å². The summed E-state index contributed by atoms with van der Waals surface area (Å²) in [6.07, 6.45) is 3.30. The fraction of sp³-hybridized carbons (Fsp3) is 0.231. The van der Waals surface area contributed by atoms with E-state index >= 15 is 0 Å². The summed E-state index contributed by atoms with van der Waals surface area (Å²) in [4.78, 5) is 8.23. The molecular weight excluding hydrogens is 216 g/mol. The van der Waals surface area contributed by atoms with Crippen LogP contribution in [0.4, 0.5) is 0 Å². The highest BCUT2D eigenvalue weighted by Crippen LogP contribution is 2.13. The normalized spacial score (nSPS) is 10.0. The number of rotatable bonds is 4. The molecule has 1 aromatic carbocycles. The van der Waals surface area contributed by atoms with E-state index in [-0.39, 0.29) is 0 Å². The van der Waals surface area contributed by atoms with E-state index in [9.17, 15) is 0 Å². The Bertz CT molecular complexity index is 483. The second kappa shape index (κ2) is 5.30. The molecule has 0 aliphatic carbocycles. The van der Waals surface area contributed by atoms with Gasteiger partial charge in [-0.15, -0.1) is 0 Å². The molecule has 0 saturated heterocycles. The van der Waals surface area contributed by atoms with Gasteiger partial charge in [0.2, 0.25) is 5.88 Å². The second-order valence-corrected chi connectivity index (χ2v) is 3.64. The molecule has 88 valence electrons. The third kappa shape index (κ3) is 3.17. The van der Waals surface area contributed by atoms with Crippen LogP contribution in [0.3, 0.4) is 0 Å². The molecule has 0 bridgehead atoms. The number of benzene rings is 1. The molecule has 4 heteroatoms. The van der Waals surface area contributed by atoms with Gasteiger partial charge in [-0.05, 0) is 24.6 Å². The summed E-state index contributed by atoms with van der Waals surface area (Å²) in [5.74, 6) is 1.38. The highest BCUT2D eigenvalue weighted by Gasteiger charge is 1.98. The van der Waals surface area contributed by atoms with Crippen LogP contribution < -0.4 is 9.47 Å². The van der Waals surface area contributed by atoms with Crippen LogP contribution in [0.1, 0.15) is 11.3 Å². The summed E-state index contributed by atoms with van der Waals surface area (Å²) in [6.45, 7) is 2.36. The largest absolute Gasteiger partial charge is 0.497 e. The molecule has 0 N–H and O–H groups in total. The van der Waals surface area contributed by atoms with Crippen LogP contribution >= 0.6 is 0 Å². The van der Waals surface area contributed by atoms with E-state index in [0.29, 0.717) is 12.5 Å². The van der Waals surface area contributed by atoms with Crippen molar-refractivity contribution in [3.63, 3.8) is 0 Å².